The molecule has 0 spiro atoms. The van der Waals surface area contributed by atoms with Crippen molar-refractivity contribution in [1.82, 2.24) is 14.5 Å². The molecule has 7 nitrogen and oxygen atoms in total. The number of carbonyl (C=O) groups is 1. The fraction of sp³-hybridized carbons (Fsp3) is 0.0556. The first-order valence-electron chi connectivity index (χ1n) is 7.55. The predicted octanol–water partition coefficient (Wildman–Crippen LogP) is 2.65. The minimum absolute atomic E-state index is 0.0116. The van der Waals surface area contributed by atoms with Crippen LogP contribution in [0.15, 0.2) is 48.5 Å². The van der Waals surface area contributed by atoms with E-state index in [1.165, 1.54) is 17.7 Å². The Morgan fingerprint density at radius 2 is 1.72 bits per heavy atom. The lowest BCUT2D eigenvalue weighted by Crippen LogP contribution is -2.07. The number of benzene rings is 2. The Labute approximate surface area is 142 Å². The van der Waals surface area contributed by atoms with Crippen molar-refractivity contribution in [3.8, 4) is 11.4 Å². The minimum atomic E-state index is -0.610. The van der Waals surface area contributed by atoms with Crippen LogP contribution >= 0.6 is 0 Å². The first kappa shape index (κ1) is 14.9. The fourth-order valence-corrected chi connectivity index (χ4v) is 2.86. The Bertz CT molecular complexity index is 1130. The molecule has 4 aromatic rings. The number of anilines is 1. The van der Waals surface area contributed by atoms with Gasteiger partial charge in [-0.2, -0.15) is 0 Å². The summed E-state index contributed by atoms with van der Waals surface area (Å²) in [6, 6.07) is 14.0. The van der Waals surface area contributed by atoms with Crippen molar-refractivity contribution < 1.29 is 14.6 Å². The molecule has 3 N–H and O–H groups in total. The first-order chi connectivity index (χ1) is 12.1. The largest absolute Gasteiger partial charge is 0.506 e. The second-order valence-corrected chi connectivity index (χ2v) is 5.46. The van der Waals surface area contributed by atoms with Gasteiger partial charge in [-0.3, -0.25) is 4.57 Å². The second-order valence-electron chi connectivity index (χ2n) is 5.46. The van der Waals surface area contributed by atoms with E-state index in [0.717, 1.165) is 0 Å². The number of aromatic nitrogens is 3. The molecule has 7 heteroatoms. The lowest BCUT2D eigenvalue weighted by atomic mass is 10.2. The van der Waals surface area contributed by atoms with Crippen LogP contribution in [0.25, 0.3) is 27.9 Å². The van der Waals surface area contributed by atoms with E-state index in [1.807, 2.05) is 18.2 Å². The summed E-state index contributed by atoms with van der Waals surface area (Å²) in [6.07, 6.45) is 0. The van der Waals surface area contributed by atoms with Crippen molar-refractivity contribution in [3.63, 3.8) is 0 Å². The summed E-state index contributed by atoms with van der Waals surface area (Å²) in [5, 5.41) is 10.2. The number of nitrogens with two attached hydrogens (primary N) is 1. The zero-order valence-corrected chi connectivity index (χ0v) is 13.3. The summed E-state index contributed by atoms with van der Waals surface area (Å²) < 4.78 is 6.36. The van der Waals surface area contributed by atoms with Crippen LogP contribution in [0.4, 0.5) is 5.82 Å². The third-order valence-corrected chi connectivity index (χ3v) is 4.01. The Balaban J connectivity index is 2.18. The van der Waals surface area contributed by atoms with Gasteiger partial charge in [0.2, 0.25) is 0 Å². The van der Waals surface area contributed by atoms with Crippen molar-refractivity contribution >= 4 is 34.0 Å². The van der Waals surface area contributed by atoms with Gasteiger partial charge in [0.15, 0.2) is 5.65 Å². The first-order valence-corrected chi connectivity index (χ1v) is 7.55. The number of carbonyl (C=O) groups excluding carboxylic acids is 1. The van der Waals surface area contributed by atoms with Crippen LogP contribution in [-0.2, 0) is 4.74 Å². The quantitative estimate of drug-likeness (QED) is 0.546. The van der Waals surface area contributed by atoms with Crippen LogP contribution in [0.5, 0.6) is 5.75 Å². The second kappa shape index (κ2) is 5.48. The number of methoxy groups -OCH3 is 1. The molecule has 0 atom stereocenters. The summed E-state index contributed by atoms with van der Waals surface area (Å²) in [5.74, 6) is -0.489. The monoisotopic (exact) mass is 334 g/mol. The maximum Gasteiger partial charge on any atom is 0.343 e. The fourth-order valence-electron chi connectivity index (χ4n) is 2.86. The number of esters is 1. The highest BCUT2D eigenvalue weighted by Crippen LogP contribution is 2.34. The molecular formula is C18H14N4O3. The Morgan fingerprint density at radius 3 is 2.40 bits per heavy atom. The van der Waals surface area contributed by atoms with E-state index >= 15 is 0 Å². The van der Waals surface area contributed by atoms with Gasteiger partial charge in [0.05, 0.1) is 23.8 Å². The summed E-state index contributed by atoms with van der Waals surface area (Å²) >= 11 is 0. The van der Waals surface area contributed by atoms with Crippen LogP contribution in [0.2, 0.25) is 0 Å². The van der Waals surface area contributed by atoms with Crippen LogP contribution in [0.3, 0.4) is 0 Å². The molecule has 2 heterocycles. The molecule has 0 aliphatic carbocycles. The molecule has 0 unspecified atom stereocenters. The van der Waals surface area contributed by atoms with Gasteiger partial charge in [-0.05, 0) is 24.3 Å². The van der Waals surface area contributed by atoms with Gasteiger partial charge in [-0.1, -0.05) is 24.3 Å². The highest BCUT2D eigenvalue weighted by atomic mass is 16.5. The average molecular weight is 334 g/mol. The van der Waals surface area contributed by atoms with Gasteiger partial charge >= 0.3 is 5.97 Å². The number of nitrogens with zero attached hydrogens (tertiary/aromatic N) is 3. The van der Waals surface area contributed by atoms with Crippen LogP contribution in [0, 0.1) is 0 Å². The van der Waals surface area contributed by atoms with Crippen molar-refractivity contribution in [1.29, 1.82) is 0 Å². The number of phenolic OH excluding ortho intramolecular Hbond substituents is 1. The third-order valence-electron chi connectivity index (χ3n) is 4.01. The van der Waals surface area contributed by atoms with Gasteiger partial charge in [0.1, 0.15) is 22.6 Å². The molecular weight excluding hydrogens is 320 g/mol. The number of phenols is 1. The number of hydrogen-bond donors (Lipinski definition) is 2. The van der Waals surface area contributed by atoms with E-state index in [2.05, 4.69) is 9.97 Å². The molecule has 0 bridgehead atoms. The van der Waals surface area contributed by atoms with Crippen molar-refractivity contribution in [2.45, 2.75) is 0 Å². The van der Waals surface area contributed by atoms with Gasteiger partial charge in [0.25, 0.3) is 0 Å². The number of para-hydroxylation sites is 4. The van der Waals surface area contributed by atoms with Crippen LogP contribution in [-0.4, -0.2) is 32.7 Å². The van der Waals surface area contributed by atoms with Gasteiger partial charge in [-0.25, -0.2) is 14.8 Å². The zero-order valence-electron chi connectivity index (χ0n) is 13.3. The maximum absolute atomic E-state index is 12.3. The van der Waals surface area contributed by atoms with E-state index in [9.17, 15) is 9.90 Å². The molecule has 4 rings (SSSR count). The highest BCUT2D eigenvalue weighted by Gasteiger charge is 2.26. The molecule has 0 aliphatic rings. The van der Waals surface area contributed by atoms with Gasteiger partial charge < -0.3 is 15.6 Å². The molecule has 2 aromatic carbocycles. The van der Waals surface area contributed by atoms with Crippen LogP contribution < -0.4 is 5.73 Å². The standard InChI is InChI=1S/C18H14N4O3/c1-25-18(24)14-15-17(21-11-7-3-2-6-10(11)20-15)22(16(14)19)12-8-4-5-9-13(12)23/h2-9,23H,19H2,1H3. The SMILES string of the molecule is COC(=O)c1c(N)n(-c2ccccc2O)c2nc3ccccc3nc12. The van der Waals surface area contributed by atoms with Crippen molar-refractivity contribution in [2.24, 2.45) is 0 Å². The highest BCUT2D eigenvalue weighted by molar-refractivity contribution is 6.09. The minimum Gasteiger partial charge on any atom is -0.506 e. The normalized spacial score (nSPS) is 11.1. The zero-order chi connectivity index (χ0) is 17.6. The predicted molar refractivity (Wildman–Crippen MR) is 93.8 cm³/mol. The summed E-state index contributed by atoms with van der Waals surface area (Å²) in [6.45, 7) is 0. The average Bonchev–Trinajstić information content (AvgIpc) is 2.90. The summed E-state index contributed by atoms with van der Waals surface area (Å²) in [7, 11) is 1.28. The molecule has 124 valence electrons. The Kier molecular flexibility index (Phi) is 3.28. The molecule has 0 saturated heterocycles. The molecule has 0 radical (unpaired) electrons. The Morgan fingerprint density at radius 1 is 1.08 bits per heavy atom. The number of nitrogen functional groups attached to an aromatic ring is 1. The van der Waals surface area contributed by atoms with Crippen molar-refractivity contribution in [2.75, 3.05) is 12.8 Å². The van der Waals surface area contributed by atoms with E-state index in [4.69, 9.17) is 10.5 Å². The van der Waals surface area contributed by atoms with E-state index in [0.29, 0.717) is 27.9 Å². The summed E-state index contributed by atoms with van der Waals surface area (Å²) in [5.41, 5.74) is 8.74. The summed E-state index contributed by atoms with van der Waals surface area (Å²) in [4.78, 5) is 21.4. The number of rotatable bonds is 2. The smallest absolute Gasteiger partial charge is 0.343 e. The lowest BCUT2D eigenvalue weighted by Gasteiger charge is -2.09. The molecule has 0 saturated carbocycles. The number of hydrogen-bond acceptors (Lipinski definition) is 6. The molecule has 0 aliphatic heterocycles. The molecule has 25 heavy (non-hydrogen) atoms. The number of ether oxygens (including phenoxy) is 1. The lowest BCUT2D eigenvalue weighted by molar-refractivity contribution is 0.0604. The number of aromatic hydroxyl groups is 1. The van der Waals surface area contributed by atoms with Crippen LogP contribution in [0.1, 0.15) is 10.4 Å². The van der Waals surface area contributed by atoms with Crippen molar-refractivity contribution in [3.05, 3.63) is 54.1 Å². The molecule has 0 fully saturated rings. The topological polar surface area (TPSA) is 103 Å². The van der Waals surface area contributed by atoms with E-state index < -0.39 is 5.97 Å². The Hall–Kier alpha value is -3.61. The van der Waals surface area contributed by atoms with Gasteiger partial charge in [0, 0.05) is 0 Å². The third kappa shape index (κ3) is 2.17. The number of fused-ring (bicyclic) bond motifs is 2. The maximum atomic E-state index is 12.3. The van der Waals surface area contributed by atoms with Gasteiger partial charge in [-0.15, -0.1) is 0 Å². The van der Waals surface area contributed by atoms with E-state index in [-0.39, 0.29) is 17.1 Å². The van der Waals surface area contributed by atoms with E-state index in [1.54, 1.807) is 24.3 Å². The molecule has 2 aromatic heterocycles. The molecule has 0 amide bonds.